The smallest absolute Gasteiger partial charge is 0.264 e. The van der Waals surface area contributed by atoms with Crippen LogP contribution in [0.25, 0.3) is 0 Å². The van der Waals surface area contributed by atoms with Crippen molar-refractivity contribution in [3.05, 3.63) is 40.0 Å². The molecule has 0 radical (unpaired) electrons. The molecule has 0 aliphatic heterocycles. The molecule has 2 N–H and O–H groups in total. The van der Waals surface area contributed by atoms with Gasteiger partial charge in [-0.3, -0.25) is 0 Å². The molecule has 2 aromatic rings. The second-order valence-electron chi connectivity index (χ2n) is 5.56. The number of aromatic nitrogens is 2. The van der Waals surface area contributed by atoms with E-state index in [0.717, 1.165) is 35.3 Å². The number of hydrogen-bond acceptors (Lipinski definition) is 5. The van der Waals surface area contributed by atoms with Crippen LogP contribution in [0.1, 0.15) is 43.0 Å². The molecule has 0 amide bonds. The minimum Gasteiger partial charge on any atom is -0.483 e. The van der Waals surface area contributed by atoms with Crippen LogP contribution in [0.2, 0.25) is 0 Å². The molecule has 1 aliphatic rings. The second-order valence-corrected chi connectivity index (χ2v) is 6.41. The molecular weight excluding hydrogens is 334 g/mol. The maximum absolute atomic E-state index is 5.80. The lowest BCUT2D eigenvalue weighted by Gasteiger charge is -2.09. The lowest BCUT2D eigenvalue weighted by Crippen LogP contribution is -2.17. The number of nitrogens with two attached hydrogens (primary N) is 1. The fraction of sp³-hybridized carbons (Fsp3) is 0.467. The average Bonchev–Trinajstić information content (AvgIpc) is 3.17. The summed E-state index contributed by atoms with van der Waals surface area (Å²) in [5, 5.41) is 3.97. The first-order chi connectivity index (χ1) is 10.1. The van der Waals surface area contributed by atoms with Crippen LogP contribution in [-0.4, -0.2) is 16.2 Å². The first-order valence-corrected chi connectivity index (χ1v) is 7.90. The topological polar surface area (TPSA) is 74.2 Å². The molecule has 3 rings (SSSR count). The predicted molar refractivity (Wildman–Crippen MR) is 82.1 cm³/mol. The van der Waals surface area contributed by atoms with Gasteiger partial charge in [0, 0.05) is 12.0 Å². The Hall–Kier alpha value is -1.40. The Bertz CT molecular complexity index is 623. The highest BCUT2D eigenvalue weighted by Gasteiger charge is 2.28. The van der Waals surface area contributed by atoms with Gasteiger partial charge in [0.25, 0.3) is 5.89 Å². The van der Waals surface area contributed by atoms with Gasteiger partial charge < -0.3 is 15.0 Å². The fourth-order valence-electron chi connectivity index (χ4n) is 2.13. The van der Waals surface area contributed by atoms with Crippen molar-refractivity contribution in [2.45, 2.75) is 44.8 Å². The van der Waals surface area contributed by atoms with E-state index in [1.54, 1.807) is 0 Å². The molecule has 5 nitrogen and oxygen atoms in total. The van der Waals surface area contributed by atoms with Crippen LogP contribution in [0, 0.1) is 0 Å². The van der Waals surface area contributed by atoms with Crippen molar-refractivity contribution in [2.75, 3.05) is 0 Å². The van der Waals surface area contributed by atoms with E-state index < -0.39 is 0 Å². The summed E-state index contributed by atoms with van der Waals surface area (Å²) < 4.78 is 11.8. The minimum absolute atomic E-state index is 0.142. The number of hydrogen-bond donors (Lipinski definition) is 1. The molecule has 112 valence electrons. The summed E-state index contributed by atoms with van der Waals surface area (Å²) in [6, 6.07) is 6.12. The van der Waals surface area contributed by atoms with E-state index in [0.29, 0.717) is 11.8 Å². The molecule has 1 aromatic carbocycles. The molecule has 1 saturated carbocycles. The molecule has 1 atom stereocenters. The lowest BCUT2D eigenvalue weighted by molar-refractivity contribution is 0.241. The molecule has 1 aromatic heterocycles. The largest absolute Gasteiger partial charge is 0.483 e. The van der Waals surface area contributed by atoms with E-state index in [9.17, 15) is 0 Å². The number of benzene rings is 1. The van der Waals surface area contributed by atoms with Gasteiger partial charge in [-0.1, -0.05) is 11.2 Å². The summed E-state index contributed by atoms with van der Waals surface area (Å²) in [4.78, 5) is 4.34. The van der Waals surface area contributed by atoms with Crippen LogP contribution in [0.4, 0.5) is 0 Å². The van der Waals surface area contributed by atoms with Gasteiger partial charge in [0.1, 0.15) is 5.75 Å². The van der Waals surface area contributed by atoms with E-state index in [2.05, 4.69) is 26.1 Å². The third kappa shape index (κ3) is 3.83. The molecule has 0 bridgehead atoms. The number of nitrogens with zero attached hydrogens (tertiary/aromatic N) is 2. The Morgan fingerprint density at radius 2 is 2.29 bits per heavy atom. The number of rotatable bonds is 6. The number of halogens is 1. The van der Waals surface area contributed by atoms with Crippen LogP contribution in [-0.2, 0) is 13.0 Å². The maximum Gasteiger partial charge on any atom is 0.264 e. The third-order valence-corrected chi connectivity index (χ3v) is 3.95. The predicted octanol–water partition coefficient (Wildman–Crippen LogP) is 3.18. The van der Waals surface area contributed by atoms with Crippen LogP contribution in [0.15, 0.2) is 27.2 Å². The first kappa shape index (κ1) is 14.5. The Kier molecular flexibility index (Phi) is 4.26. The summed E-state index contributed by atoms with van der Waals surface area (Å²) in [6.45, 7) is 2.27. The molecule has 1 fully saturated rings. The van der Waals surface area contributed by atoms with Crippen LogP contribution < -0.4 is 10.5 Å². The number of ether oxygens (including phenoxy) is 1. The van der Waals surface area contributed by atoms with E-state index >= 15 is 0 Å². The standard InChI is InChI=1S/C15H18BrN3O2/c1-9(17)6-10-2-5-13(12(16)7-10)20-8-14-18-15(19-21-14)11-3-4-11/h2,5,7,9,11H,3-4,6,8,17H2,1H3. The van der Waals surface area contributed by atoms with Crippen molar-refractivity contribution >= 4 is 15.9 Å². The third-order valence-electron chi connectivity index (χ3n) is 3.33. The Morgan fingerprint density at radius 3 is 2.95 bits per heavy atom. The average molecular weight is 352 g/mol. The van der Waals surface area contributed by atoms with Crippen molar-refractivity contribution < 1.29 is 9.26 Å². The summed E-state index contributed by atoms with van der Waals surface area (Å²) in [5.41, 5.74) is 6.98. The summed E-state index contributed by atoms with van der Waals surface area (Å²) in [7, 11) is 0. The quantitative estimate of drug-likeness (QED) is 0.864. The normalized spacial score (nSPS) is 16.0. The van der Waals surface area contributed by atoms with Crippen molar-refractivity contribution in [1.29, 1.82) is 0 Å². The van der Waals surface area contributed by atoms with Crippen LogP contribution in [0.3, 0.4) is 0 Å². The highest BCUT2D eigenvalue weighted by atomic mass is 79.9. The van der Waals surface area contributed by atoms with Crippen LogP contribution in [0.5, 0.6) is 5.75 Å². The van der Waals surface area contributed by atoms with E-state index in [1.807, 2.05) is 25.1 Å². The van der Waals surface area contributed by atoms with Gasteiger partial charge in [0.05, 0.1) is 4.47 Å². The first-order valence-electron chi connectivity index (χ1n) is 7.11. The van der Waals surface area contributed by atoms with E-state index in [4.69, 9.17) is 15.0 Å². The van der Waals surface area contributed by atoms with Crippen LogP contribution >= 0.6 is 15.9 Å². The zero-order chi connectivity index (χ0) is 14.8. The van der Waals surface area contributed by atoms with Crippen molar-refractivity contribution in [1.82, 2.24) is 10.1 Å². The van der Waals surface area contributed by atoms with Crippen molar-refractivity contribution in [3.8, 4) is 5.75 Å². The lowest BCUT2D eigenvalue weighted by atomic mass is 10.1. The summed E-state index contributed by atoms with van der Waals surface area (Å²) >= 11 is 3.52. The molecule has 1 aliphatic carbocycles. The maximum atomic E-state index is 5.80. The van der Waals surface area contributed by atoms with Gasteiger partial charge in [-0.25, -0.2) is 0 Å². The molecule has 1 unspecified atom stereocenters. The molecule has 6 heteroatoms. The molecule has 1 heterocycles. The van der Waals surface area contributed by atoms with E-state index in [-0.39, 0.29) is 12.6 Å². The van der Waals surface area contributed by atoms with Gasteiger partial charge in [-0.2, -0.15) is 4.98 Å². The zero-order valence-corrected chi connectivity index (χ0v) is 13.5. The molecule has 0 saturated heterocycles. The van der Waals surface area contributed by atoms with Crippen molar-refractivity contribution in [2.24, 2.45) is 5.73 Å². The van der Waals surface area contributed by atoms with E-state index in [1.165, 1.54) is 5.56 Å². The Labute approximate surface area is 132 Å². The monoisotopic (exact) mass is 351 g/mol. The minimum atomic E-state index is 0.142. The zero-order valence-electron chi connectivity index (χ0n) is 11.9. The van der Waals surface area contributed by atoms with Gasteiger partial charge in [0.2, 0.25) is 0 Å². The van der Waals surface area contributed by atoms with Crippen molar-refractivity contribution in [3.63, 3.8) is 0 Å². The van der Waals surface area contributed by atoms with Gasteiger partial charge in [-0.05, 0) is 59.8 Å². The molecular formula is C15H18BrN3O2. The second kappa shape index (κ2) is 6.15. The summed E-state index contributed by atoms with van der Waals surface area (Å²) in [6.07, 6.45) is 3.16. The summed E-state index contributed by atoms with van der Waals surface area (Å²) in [5.74, 6) is 2.57. The highest BCUT2D eigenvalue weighted by molar-refractivity contribution is 9.10. The van der Waals surface area contributed by atoms with Gasteiger partial charge in [-0.15, -0.1) is 0 Å². The Morgan fingerprint density at radius 1 is 1.48 bits per heavy atom. The fourth-order valence-corrected chi connectivity index (χ4v) is 2.67. The highest BCUT2D eigenvalue weighted by Crippen LogP contribution is 2.38. The van der Waals surface area contributed by atoms with Gasteiger partial charge >= 0.3 is 0 Å². The SMILES string of the molecule is CC(N)Cc1ccc(OCc2nc(C3CC3)no2)c(Br)c1. The van der Waals surface area contributed by atoms with Gasteiger partial charge in [0.15, 0.2) is 12.4 Å². The molecule has 21 heavy (non-hydrogen) atoms. The molecule has 0 spiro atoms. The Balaban J connectivity index is 1.61.